The van der Waals surface area contributed by atoms with Gasteiger partial charge in [0.2, 0.25) is 5.70 Å². The molecule has 2 aromatic rings. The first kappa shape index (κ1) is 22.3. The topological polar surface area (TPSA) is 90.5 Å². The number of aromatic nitrogens is 2. The van der Waals surface area contributed by atoms with Gasteiger partial charge in [0.05, 0.1) is 16.1 Å². The van der Waals surface area contributed by atoms with Crippen LogP contribution in [0.25, 0.3) is 17.0 Å². The number of likely N-dealkylation sites (tertiary alicyclic amines) is 1. The third-order valence-corrected chi connectivity index (χ3v) is 6.18. The number of hydrogen-bond donors (Lipinski definition) is 0. The summed E-state index contributed by atoms with van der Waals surface area (Å²) in [5, 5.41) is 12.3. The van der Waals surface area contributed by atoms with Gasteiger partial charge in [-0.2, -0.15) is 0 Å². The van der Waals surface area contributed by atoms with Crippen molar-refractivity contribution in [2.75, 3.05) is 13.1 Å². The number of nitro groups is 1. The number of ether oxygens (including phenoxy) is 1. The van der Waals surface area contributed by atoms with Gasteiger partial charge in [-0.3, -0.25) is 15.1 Å². The Bertz CT molecular complexity index is 1050. The maximum Gasteiger partial charge on any atom is 0.410 e. The molecule has 1 saturated heterocycles. The van der Waals surface area contributed by atoms with E-state index >= 15 is 0 Å². The highest BCUT2D eigenvalue weighted by Crippen LogP contribution is 2.37. The monoisotopic (exact) mass is 440 g/mol. The smallest absolute Gasteiger partial charge is 0.410 e. The van der Waals surface area contributed by atoms with E-state index in [1.165, 1.54) is 19.8 Å². The summed E-state index contributed by atoms with van der Waals surface area (Å²) < 4.78 is 7.75. The van der Waals surface area contributed by atoms with E-state index in [0.29, 0.717) is 19.0 Å². The Hall–Kier alpha value is -2.90. The van der Waals surface area contributed by atoms with E-state index in [0.717, 1.165) is 41.7 Å². The van der Waals surface area contributed by atoms with Crippen molar-refractivity contribution >= 4 is 23.1 Å². The summed E-state index contributed by atoms with van der Waals surface area (Å²) in [6, 6.07) is 4.02. The second-order valence-electron chi connectivity index (χ2n) is 10.0. The number of pyridine rings is 1. The fourth-order valence-corrected chi connectivity index (χ4v) is 4.37. The molecule has 0 unspecified atom stereocenters. The van der Waals surface area contributed by atoms with Crippen molar-refractivity contribution in [2.45, 2.75) is 71.4 Å². The number of fused-ring (bicyclic) bond motifs is 1. The molecule has 8 heteroatoms. The quantitative estimate of drug-likeness (QED) is 0.471. The highest BCUT2D eigenvalue weighted by atomic mass is 16.6. The zero-order valence-electron chi connectivity index (χ0n) is 19.3. The molecule has 4 rings (SSSR count). The van der Waals surface area contributed by atoms with E-state index < -0.39 is 5.60 Å². The molecule has 0 aromatic carbocycles. The zero-order chi connectivity index (χ0) is 23.0. The molecule has 0 spiro atoms. The van der Waals surface area contributed by atoms with E-state index in [-0.39, 0.29) is 22.6 Å². The van der Waals surface area contributed by atoms with Crippen LogP contribution in [0, 0.1) is 16.0 Å². The average molecular weight is 441 g/mol. The molecule has 1 saturated carbocycles. The predicted molar refractivity (Wildman–Crippen MR) is 123 cm³/mol. The van der Waals surface area contributed by atoms with Gasteiger partial charge in [0.15, 0.2) is 0 Å². The first-order valence-electron chi connectivity index (χ1n) is 11.4. The lowest BCUT2D eigenvalue weighted by Crippen LogP contribution is -2.41. The molecule has 172 valence electrons. The van der Waals surface area contributed by atoms with Crippen molar-refractivity contribution in [2.24, 2.45) is 5.92 Å². The molecule has 2 fully saturated rings. The van der Waals surface area contributed by atoms with Crippen molar-refractivity contribution in [3.05, 3.63) is 45.5 Å². The van der Waals surface area contributed by atoms with Crippen molar-refractivity contribution in [3.8, 4) is 0 Å². The first-order valence-corrected chi connectivity index (χ1v) is 11.4. The van der Waals surface area contributed by atoms with Crippen LogP contribution in [-0.4, -0.2) is 44.2 Å². The van der Waals surface area contributed by atoms with Crippen LogP contribution in [0.1, 0.15) is 70.7 Å². The molecular formula is C24H32N4O4. The van der Waals surface area contributed by atoms with E-state index in [4.69, 9.17) is 9.72 Å². The molecule has 8 nitrogen and oxygen atoms in total. The summed E-state index contributed by atoms with van der Waals surface area (Å²) in [7, 11) is 0. The number of carbonyl (C=O) groups excluding carboxylic acids is 1. The second kappa shape index (κ2) is 8.56. The lowest BCUT2D eigenvalue weighted by atomic mass is 9.92. The van der Waals surface area contributed by atoms with Gasteiger partial charge in [-0.1, -0.05) is 0 Å². The molecule has 32 heavy (non-hydrogen) atoms. The van der Waals surface area contributed by atoms with E-state index in [1.54, 1.807) is 11.0 Å². The Morgan fingerprint density at radius 3 is 2.56 bits per heavy atom. The fourth-order valence-electron chi connectivity index (χ4n) is 4.37. The van der Waals surface area contributed by atoms with Crippen molar-refractivity contribution in [1.29, 1.82) is 0 Å². The van der Waals surface area contributed by atoms with Crippen LogP contribution in [0.2, 0.25) is 0 Å². The van der Waals surface area contributed by atoms with Gasteiger partial charge in [-0.25, -0.2) is 4.79 Å². The molecule has 2 aromatic heterocycles. The lowest BCUT2D eigenvalue weighted by molar-refractivity contribution is -0.422. The van der Waals surface area contributed by atoms with E-state index in [2.05, 4.69) is 4.57 Å². The maximum atomic E-state index is 12.4. The Kier molecular flexibility index (Phi) is 5.97. The van der Waals surface area contributed by atoms with Crippen molar-refractivity contribution in [3.63, 3.8) is 0 Å². The number of hydrogen-bond acceptors (Lipinski definition) is 5. The molecule has 2 aliphatic rings. The summed E-state index contributed by atoms with van der Waals surface area (Å²) in [6.07, 6.45) is 7.26. The summed E-state index contributed by atoms with van der Waals surface area (Å²) in [5.41, 5.74) is 2.60. The Morgan fingerprint density at radius 1 is 1.28 bits per heavy atom. The third-order valence-electron chi connectivity index (χ3n) is 6.18. The van der Waals surface area contributed by atoms with Crippen molar-refractivity contribution in [1.82, 2.24) is 14.5 Å². The molecule has 1 aliphatic carbocycles. The minimum Gasteiger partial charge on any atom is -0.444 e. The summed E-state index contributed by atoms with van der Waals surface area (Å²) in [5.74, 6) is 0.856. The SMILES string of the molecule is CC(=Cc1cc2ccnc(C3CCN(C(=O)OC(C)(C)C)CC3)c2n1CC1CC1)[N+](=O)[O-]. The normalized spacial score (nSPS) is 18.2. The Morgan fingerprint density at radius 2 is 1.97 bits per heavy atom. The minimum absolute atomic E-state index is 0.130. The molecule has 1 aliphatic heterocycles. The lowest BCUT2D eigenvalue weighted by Gasteiger charge is -2.33. The first-order chi connectivity index (χ1) is 15.1. The van der Waals surface area contributed by atoms with Crippen LogP contribution < -0.4 is 0 Å². The predicted octanol–water partition coefficient (Wildman–Crippen LogP) is 5.20. The van der Waals surface area contributed by atoms with Crippen molar-refractivity contribution < 1.29 is 14.5 Å². The van der Waals surface area contributed by atoms with Gasteiger partial charge >= 0.3 is 6.09 Å². The Balaban J connectivity index is 1.62. The molecule has 0 N–H and O–H groups in total. The number of nitrogens with zero attached hydrogens (tertiary/aromatic N) is 4. The summed E-state index contributed by atoms with van der Waals surface area (Å²) in [4.78, 5) is 29.9. The zero-order valence-corrected chi connectivity index (χ0v) is 19.3. The van der Waals surface area contributed by atoms with Crippen LogP contribution in [0.3, 0.4) is 0 Å². The van der Waals surface area contributed by atoms with E-state index in [1.807, 2.05) is 39.1 Å². The Labute approximate surface area is 188 Å². The fraction of sp³-hybridized carbons (Fsp3) is 0.583. The second-order valence-corrected chi connectivity index (χ2v) is 10.0. The molecule has 1 amide bonds. The van der Waals surface area contributed by atoms with Crippen LogP contribution >= 0.6 is 0 Å². The highest BCUT2D eigenvalue weighted by molar-refractivity contribution is 5.86. The molecule has 0 radical (unpaired) electrons. The molecular weight excluding hydrogens is 408 g/mol. The highest BCUT2D eigenvalue weighted by Gasteiger charge is 2.31. The van der Waals surface area contributed by atoms with Gasteiger partial charge in [-0.05, 0) is 64.5 Å². The van der Waals surface area contributed by atoms with Gasteiger partial charge in [-0.15, -0.1) is 0 Å². The van der Waals surface area contributed by atoms with Crippen LogP contribution in [0.15, 0.2) is 24.0 Å². The molecule has 3 heterocycles. The minimum atomic E-state index is -0.503. The van der Waals surface area contributed by atoms with Gasteiger partial charge < -0.3 is 14.2 Å². The van der Waals surface area contributed by atoms with Gasteiger partial charge in [0, 0.05) is 55.8 Å². The number of piperidine rings is 1. The van der Waals surface area contributed by atoms with Gasteiger partial charge in [0.1, 0.15) is 5.60 Å². The summed E-state index contributed by atoms with van der Waals surface area (Å²) in [6.45, 7) is 9.29. The summed E-state index contributed by atoms with van der Waals surface area (Å²) >= 11 is 0. The average Bonchev–Trinajstić information content (AvgIpc) is 3.48. The largest absolute Gasteiger partial charge is 0.444 e. The number of allylic oxidation sites excluding steroid dienone is 1. The molecule has 0 atom stereocenters. The van der Waals surface area contributed by atoms with Gasteiger partial charge in [0.25, 0.3) is 0 Å². The number of carbonyl (C=O) groups is 1. The van der Waals surface area contributed by atoms with Crippen LogP contribution in [0.5, 0.6) is 0 Å². The standard InChI is InChI=1S/C24H32N4O4/c1-16(28(30)31)13-20-14-19-7-10-25-21(22(19)27(20)15-17-5-6-17)18-8-11-26(12-9-18)23(29)32-24(2,3)4/h7,10,13-14,17-18H,5-6,8-9,11-12,15H2,1-4H3. The van der Waals surface area contributed by atoms with Crippen LogP contribution in [-0.2, 0) is 11.3 Å². The van der Waals surface area contributed by atoms with Crippen LogP contribution in [0.4, 0.5) is 4.79 Å². The van der Waals surface area contributed by atoms with E-state index in [9.17, 15) is 14.9 Å². The third kappa shape index (κ3) is 4.95. The number of rotatable bonds is 5. The maximum absolute atomic E-state index is 12.4. The number of amides is 1. The molecule has 0 bridgehead atoms.